The fourth-order valence-corrected chi connectivity index (χ4v) is 5.47. The quantitative estimate of drug-likeness (QED) is 0.604. The Morgan fingerprint density at radius 2 is 2.03 bits per heavy atom. The highest BCUT2D eigenvalue weighted by molar-refractivity contribution is 7.13. The molecule has 0 saturated carbocycles. The predicted octanol–water partition coefficient (Wildman–Crippen LogP) is 3.43. The molecular formula is C22H22ClN5O2S. The van der Waals surface area contributed by atoms with Gasteiger partial charge in [0.25, 0.3) is 0 Å². The van der Waals surface area contributed by atoms with Crippen molar-refractivity contribution in [2.24, 2.45) is 4.99 Å². The van der Waals surface area contributed by atoms with Crippen LogP contribution in [0.2, 0.25) is 5.02 Å². The average Bonchev–Trinajstić information content (AvgIpc) is 3.32. The Labute approximate surface area is 189 Å². The number of halogens is 1. The molecule has 0 aliphatic carbocycles. The standard InChI is InChI=1S/C22H22ClN5O2S/c1-14-25-26-18-12-24-21(16-4-2-3-5-17(16)23)20-15(13-31-22(20)28(14)18)6-7-19(29)27-8-10-30-11-9-27/h2-5,13H,6-12H2,1H3. The van der Waals surface area contributed by atoms with E-state index in [0.29, 0.717) is 50.7 Å². The van der Waals surface area contributed by atoms with Crippen molar-refractivity contribution in [3.63, 3.8) is 0 Å². The second-order valence-corrected chi connectivity index (χ2v) is 8.84. The Hall–Kier alpha value is -2.55. The second-order valence-electron chi connectivity index (χ2n) is 7.58. The third kappa shape index (κ3) is 3.79. The number of carbonyl (C=O) groups is 1. The van der Waals surface area contributed by atoms with Crippen LogP contribution < -0.4 is 0 Å². The van der Waals surface area contributed by atoms with Crippen LogP contribution in [0.25, 0.3) is 5.00 Å². The number of thiophene rings is 1. The van der Waals surface area contributed by atoms with Gasteiger partial charge in [-0.15, -0.1) is 21.5 Å². The maximum absolute atomic E-state index is 12.7. The van der Waals surface area contributed by atoms with E-state index in [1.54, 1.807) is 11.3 Å². The molecule has 0 radical (unpaired) electrons. The fraction of sp³-hybridized carbons (Fsp3) is 0.364. The average molecular weight is 456 g/mol. The summed E-state index contributed by atoms with van der Waals surface area (Å²) >= 11 is 8.19. The molecule has 1 fully saturated rings. The van der Waals surface area contributed by atoms with E-state index in [0.717, 1.165) is 39.1 Å². The van der Waals surface area contributed by atoms with Gasteiger partial charge in [0.2, 0.25) is 5.91 Å². The van der Waals surface area contributed by atoms with E-state index in [2.05, 4.69) is 20.1 Å². The van der Waals surface area contributed by atoms with Crippen LogP contribution in [-0.4, -0.2) is 57.6 Å². The summed E-state index contributed by atoms with van der Waals surface area (Å²) in [6.07, 6.45) is 1.09. The summed E-state index contributed by atoms with van der Waals surface area (Å²) < 4.78 is 7.43. The number of hydrogen-bond donors (Lipinski definition) is 0. The molecule has 160 valence electrons. The molecule has 9 heteroatoms. The summed E-state index contributed by atoms with van der Waals surface area (Å²) in [4.78, 5) is 19.5. The molecule has 2 aliphatic rings. The highest BCUT2D eigenvalue weighted by Gasteiger charge is 2.27. The largest absolute Gasteiger partial charge is 0.378 e. The molecule has 0 unspecified atom stereocenters. The van der Waals surface area contributed by atoms with E-state index in [4.69, 9.17) is 21.3 Å². The van der Waals surface area contributed by atoms with E-state index < -0.39 is 0 Å². The number of aromatic nitrogens is 3. The molecule has 0 atom stereocenters. The van der Waals surface area contributed by atoms with Crippen LogP contribution in [0.1, 0.15) is 34.8 Å². The molecule has 0 spiro atoms. The molecular weight excluding hydrogens is 434 g/mol. The van der Waals surface area contributed by atoms with E-state index in [1.807, 2.05) is 36.1 Å². The lowest BCUT2D eigenvalue weighted by Gasteiger charge is -2.26. The molecule has 7 nitrogen and oxygen atoms in total. The number of fused-ring (bicyclic) bond motifs is 3. The summed E-state index contributed by atoms with van der Waals surface area (Å²) in [5.74, 6) is 1.79. The Morgan fingerprint density at radius 3 is 2.84 bits per heavy atom. The molecule has 0 N–H and O–H groups in total. The maximum Gasteiger partial charge on any atom is 0.223 e. The van der Waals surface area contributed by atoms with Gasteiger partial charge in [-0.1, -0.05) is 29.8 Å². The van der Waals surface area contributed by atoms with Gasteiger partial charge in [-0.25, -0.2) is 0 Å². The van der Waals surface area contributed by atoms with Crippen LogP contribution >= 0.6 is 22.9 Å². The van der Waals surface area contributed by atoms with Gasteiger partial charge in [-0.2, -0.15) is 0 Å². The maximum atomic E-state index is 12.7. The fourth-order valence-electron chi connectivity index (χ4n) is 4.07. The first-order chi connectivity index (χ1) is 15.1. The number of nitrogens with zero attached hydrogens (tertiary/aromatic N) is 5. The first kappa shape index (κ1) is 20.4. The van der Waals surface area contributed by atoms with E-state index >= 15 is 0 Å². The van der Waals surface area contributed by atoms with Crippen molar-refractivity contribution in [3.8, 4) is 5.00 Å². The van der Waals surface area contributed by atoms with Crippen molar-refractivity contribution >= 4 is 34.6 Å². The van der Waals surface area contributed by atoms with Crippen molar-refractivity contribution in [2.45, 2.75) is 26.3 Å². The summed E-state index contributed by atoms with van der Waals surface area (Å²) in [7, 11) is 0. The predicted molar refractivity (Wildman–Crippen MR) is 120 cm³/mol. The van der Waals surface area contributed by atoms with E-state index in [-0.39, 0.29) is 5.91 Å². The van der Waals surface area contributed by atoms with Gasteiger partial charge in [-0.3, -0.25) is 14.4 Å². The summed E-state index contributed by atoms with van der Waals surface area (Å²) in [6, 6.07) is 7.75. The number of carbonyl (C=O) groups excluding carboxylic acids is 1. The molecule has 2 aromatic heterocycles. The lowest BCUT2D eigenvalue weighted by Crippen LogP contribution is -2.40. The summed E-state index contributed by atoms with van der Waals surface area (Å²) in [6.45, 7) is 4.92. The topological polar surface area (TPSA) is 72.6 Å². The van der Waals surface area contributed by atoms with Crippen molar-refractivity contribution in [1.29, 1.82) is 0 Å². The number of ether oxygens (including phenoxy) is 1. The third-order valence-electron chi connectivity index (χ3n) is 5.66. The second kappa shape index (κ2) is 8.53. The highest BCUT2D eigenvalue weighted by atomic mass is 35.5. The molecule has 3 aromatic rings. The summed E-state index contributed by atoms with van der Waals surface area (Å²) in [5, 5.41) is 12.4. The summed E-state index contributed by atoms with van der Waals surface area (Å²) in [5.41, 5.74) is 3.86. The van der Waals surface area contributed by atoms with E-state index in [9.17, 15) is 4.79 Å². The normalized spacial score (nSPS) is 15.8. The smallest absolute Gasteiger partial charge is 0.223 e. The Bertz CT molecular complexity index is 1160. The van der Waals surface area contributed by atoms with Gasteiger partial charge >= 0.3 is 0 Å². The molecule has 4 heterocycles. The zero-order valence-corrected chi connectivity index (χ0v) is 18.7. The van der Waals surface area contributed by atoms with Crippen molar-refractivity contribution in [3.05, 3.63) is 63.0 Å². The third-order valence-corrected chi connectivity index (χ3v) is 7.00. The van der Waals surface area contributed by atoms with Crippen molar-refractivity contribution < 1.29 is 9.53 Å². The first-order valence-corrected chi connectivity index (χ1v) is 11.6. The van der Waals surface area contributed by atoms with Crippen LogP contribution in [0, 0.1) is 6.92 Å². The minimum Gasteiger partial charge on any atom is -0.378 e. The Balaban J connectivity index is 1.53. The number of rotatable bonds is 4. The van der Waals surface area contributed by atoms with Crippen LogP contribution in [0.5, 0.6) is 0 Å². The number of benzene rings is 1. The van der Waals surface area contributed by atoms with Gasteiger partial charge in [0, 0.05) is 35.7 Å². The van der Waals surface area contributed by atoms with Crippen molar-refractivity contribution in [2.75, 3.05) is 26.3 Å². The van der Waals surface area contributed by atoms with Gasteiger partial charge < -0.3 is 9.64 Å². The Morgan fingerprint density at radius 1 is 1.23 bits per heavy atom. The number of aryl methyl sites for hydroxylation is 2. The lowest BCUT2D eigenvalue weighted by molar-refractivity contribution is -0.135. The van der Waals surface area contributed by atoms with Gasteiger partial charge in [-0.05, 0) is 30.4 Å². The molecule has 0 bridgehead atoms. The van der Waals surface area contributed by atoms with Crippen LogP contribution in [0.4, 0.5) is 0 Å². The zero-order valence-electron chi connectivity index (χ0n) is 17.2. The van der Waals surface area contributed by atoms with Crippen LogP contribution in [-0.2, 0) is 22.5 Å². The SMILES string of the molecule is Cc1nnc2n1-c1scc(CCC(=O)N3CCOCC3)c1C(c1ccccc1Cl)=NC2. The Kier molecular flexibility index (Phi) is 5.60. The van der Waals surface area contributed by atoms with Gasteiger partial charge in [0.1, 0.15) is 17.4 Å². The molecule has 1 aromatic carbocycles. The molecule has 5 rings (SSSR count). The van der Waals surface area contributed by atoms with Gasteiger partial charge in [0.15, 0.2) is 5.82 Å². The molecule has 2 aliphatic heterocycles. The minimum atomic E-state index is 0.161. The first-order valence-electron chi connectivity index (χ1n) is 10.3. The lowest BCUT2D eigenvalue weighted by atomic mass is 9.97. The van der Waals surface area contributed by atoms with Crippen LogP contribution in [0.15, 0.2) is 34.6 Å². The monoisotopic (exact) mass is 455 g/mol. The minimum absolute atomic E-state index is 0.161. The number of amides is 1. The molecule has 31 heavy (non-hydrogen) atoms. The highest BCUT2D eigenvalue weighted by Crippen LogP contribution is 2.35. The van der Waals surface area contributed by atoms with Gasteiger partial charge in [0.05, 0.1) is 18.9 Å². The van der Waals surface area contributed by atoms with Crippen LogP contribution in [0.3, 0.4) is 0 Å². The molecule has 1 saturated heterocycles. The number of hydrogen-bond acceptors (Lipinski definition) is 6. The van der Waals surface area contributed by atoms with Crippen molar-refractivity contribution in [1.82, 2.24) is 19.7 Å². The number of aliphatic imine (C=N–C) groups is 1. The molecule has 1 amide bonds. The van der Waals surface area contributed by atoms with E-state index in [1.165, 1.54) is 0 Å². The number of morpholine rings is 1. The zero-order chi connectivity index (χ0) is 21.4.